The average molecular weight is 478 g/mol. The standard InChI is InChI=1S/C22H25F3N6O3/c1-11-7-6-8-17(12(11)2)34-15(5)19(33)29-28-18(32)10-9-16-13(3)26-21-27-20(22(23,24)25)30-31(21)14(16)4/h6-8,15H,9-10H2,1-5H3,(H,28,32)(H,29,33). The fraction of sp³-hybridized carbons (Fsp3) is 0.409. The van der Waals surface area contributed by atoms with Gasteiger partial charge in [0.2, 0.25) is 5.91 Å². The molecule has 2 N–H and O–H groups in total. The van der Waals surface area contributed by atoms with Gasteiger partial charge in [-0.15, -0.1) is 5.10 Å². The number of fused-ring (bicyclic) bond motifs is 1. The number of amides is 2. The second kappa shape index (κ2) is 9.65. The van der Waals surface area contributed by atoms with Gasteiger partial charge < -0.3 is 4.74 Å². The Morgan fingerprint density at radius 2 is 1.82 bits per heavy atom. The summed E-state index contributed by atoms with van der Waals surface area (Å²) in [5.74, 6) is -1.89. The quantitative estimate of drug-likeness (QED) is 0.527. The van der Waals surface area contributed by atoms with Crippen molar-refractivity contribution < 1.29 is 27.5 Å². The summed E-state index contributed by atoms with van der Waals surface area (Å²) in [5.41, 5.74) is 7.99. The van der Waals surface area contributed by atoms with E-state index in [-0.39, 0.29) is 18.6 Å². The maximum absolute atomic E-state index is 12.9. The van der Waals surface area contributed by atoms with Crippen LogP contribution in [0, 0.1) is 27.7 Å². The van der Waals surface area contributed by atoms with Crippen LogP contribution in [0.15, 0.2) is 18.2 Å². The molecule has 2 heterocycles. The van der Waals surface area contributed by atoms with Gasteiger partial charge in [-0.2, -0.15) is 18.2 Å². The Morgan fingerprint density at radius 3 is 2.50 bits per heavy atom. The molecule has 9 nitrogen and oxygen atoms in total. The van der Waals surface area contributed by atoms with Gasteiger partial charge in [0, 0.05) is 17.8 Å². The van der Waals surface area contributed by atoms with E-state index in [0.717, 1.165) is 15.6 Å². The van der Waals surface area contributed by atoms with Crippen LogP contribution in [0.5, 0.6) is 5.75 Å². The largest absolute Gasteiger partial charge is 0.481 e. The highest BCUT2D eigenvalue weighted by atomic mass is 19.4. The number of rotatable bonds is 6. The minimum absolute atomic E-state index is 0.0395. The van der Waals surface area contributed by atoms with Gasteiger partial charge in [-0.25, -0.2) is 9.50 Å². The van der Waals surface area contributed by atoms with Crippen LogP contribution in [0.25, 0.3) is 5.78 Å². The van der Waals surface area contributed by atoms with E-state index in [4.69, 9.17) is 4.74 Å². The molecule has 0 radical (unpaired) electrons. The predicted octanol–water partition coefficient (Wildman–Crippen LogP) is 2.92. The summed E-state index contributed by atoms with van der Waals surface area (Å²) in [7, 11) is 0. The van der Waals surface area contributed by atoms with Crippen LogP contribution in [-0.4, -0.2) is 37.5 Å². The maximum Gasteiger partial charge on any atom is 0.453 e. The van der Waals surface area contributed by atoms with E-state index in [1.165, 1.54) is 0 Å². The van der Waals surface area contributed by atoms with E-state index in [9.17, 15) is 22.8 Å². The Morgan fingerprint density at radius 1 is 1.12 bits per heavy atom. The van der Waals surface area contributed by atoms with Crippen LogP contribution < -0.4 is 15.6 Å². The van der Waals surface area contributed by atoms with E-state index >= 15 is 0 Å². The molecule has 3 rings (SSSR count). The number of carbonyl (C=O) groups excluding carboxylic acids is 2. The number of hydrogen-bond acceptors (Lipinski definition) is 6. The molecule has 0 bridgehead atoms. The molecule has 1 atom stereocenters. The Kier molecular flexibility index (Phi) is 7.08. The van der Waals surface area contributed by atoms with Crippen LogP contribution >= 0.6 is 0 Å². The van der Waals surface area contributed by atoms with E-state index in [1.807, 2.05) is 26.0 Å². The number of alkyl halides is 3. The first-order chi connectivity index (χ1) is 15.9. The fourth-order valence-corrected chi connectivity index (χ4v) is 3.32. The second-order valence-corrected chi connectivity index (χ2v) is 7.90. The van der Waals surface area contributed by atoms with Gasteiger partial charge in [0.1, 0.15) is 5.75 Å². The lowest BCUT2D eigenvalue weighted by Crippen LogP contribution is -2.47. The minimum atomic E-state index is -4.69. The third-order valence-corrected chi connectivity index (χ3v) is 5.46. The van der Waals surface area contributed by atoms with Gasteiger partial charge in [-0.3, -0.25) is 20.4 Å². The maximum atomic E-state index is 12.9. The number of hydrazine groups is 1. The number of carbonyl (C=O) groups is 2. The Balaban J connectivity index is 1.58. The normalized spacial score (nSPS) is 12.5. The number of benzene rings is 1. The molecule has 0 fully saturated rings. The summed E-state index contributed by atoms with van der Waals surface area (Å²) in [6, 6.07) is 5.51. The zero-order valence-corrected chi connectivity index (χ0v) is 19.4. The molecule has 0 saturated carbocycles. The number of nitrogens with zero attached hydrogens (tertiary/aromatic N) is 4. The van der Waals surface area contributed by atoms with Gasteiger partial charge in [0.15, 0.2) is 6.10 Å². The van der Waals surface area contributed by atoms with Gasteiger partial charge in [-0.1, -0.05) is 12.1 Å². The second-order valence-electron chi connectivity index (χ2n) is 7.90. The lowest BCUT2D eigenvalue weighted by molar-refractivity contribution is -0.144. The van der Waals surface area contributed by atoms with Crippen molar-refractivity contribution in [1.29, 1.82) is 0 Å². The molecule has 1 aromatic carbocycles. The summed E-state index contributed by atoms with van der Waals surface area (Å²) in [6.45, 7) is 8.58. The molecule has 12 heteroatoms. The van der Waals surface area contributed by atoms with E-state index in [2.05, 4.69) is 25.9 Å². The predicted molar refractivity (Wildman–Crippen MR) is 116 cm³/mol. The molecule has 2 amide bonds. The molecule has 182 valence electrons. The minimum Gasteiger partial charge on any atom is -0.481 e. The van der Waals surface area contributed by atoms with Crippen molar-refractivity contribution in [3.63, 3.8) is 0 Å². The Labute approximate surface area is 193 Å². The summed E-state index contributed by atoms with van der Waals surface area (Å²) >= 11 is 0. The molecule has 0 aliphatic carbocycles. The summed E-state index contributed by atoms with van der Waals surface area (Å²) in [4.78, 5) is 32.0. The molecule has 0 aliphatic heterocycles. The number of aryl methyl sites for hydroxylation is 3. The van der Waals surface area contributed by atoms with E-state index in [1.54, 1.807) is 26.8 Å². The van der Waals surface area contributed by atoms with Crippen molar-refractivity contribution in [2.75, 3.05) is 0 Å². The number of hydrogen-bond donors (Lipinski definition) is 2. The highest BCUT2D eigenvalue weighted by Gasteiger charge is 2.37. The molecule has 1 unspecified atom stereocenters. The summed E-state index contributed by atoms with van der Waals surface area (Å²) in [5, 5.41) is 3.48. The van der Waals surface area contributed by atoms with Crippen LogP contribution in [0.1, 0.15) is 47.2 Å². The van der Waals surface area contributed by atoms with Crippen molar-refractivity contribution >= 4 is 17.6 Å². The lowest BCUT2D eigenvalue weighted by atomic mass is 10.1. The molecule has 0 spiro atoms. The molecule has 2 aromatic heterocycles. The first-order valence-corrected chi connectivity index (χ1v) is 10.5. The van der Waals surface area contributed by atoms with Gasteiger partial charge in [-0.05, 0) is 63.8 Å². The van der Waals surface area contributed by atoms with Crippen LogP contribution in [0.2, 0.25) is 0 Å². The van der Waals surface area contributed by atoms with Crippen molar-refractivity contribution in [1.82, 2.24) is 30.4 Å². The van der Waals surface area contributed by atoms with Crippen LogP contribution in [0.4, 0.5) is 13.2 Å². The SMILES string of the molecule is Cc1cccc(OC(C)C(=O)NNC(=O)CCc2c(C)nc3nc(C(F)(F)F)nn3c2C)c1C. The van der Waals surface area contributed by atoms with Crippen molar-refractivity contribution in [3.8, 4) is 5.75 Å². The number of halogens is 3. The number of ether oxygens (including phenoxy) is 1. The summed E-state index contributed by atoms with van der Waals surface area (Å²) in [6.07, 6.45) is -5.40. The van der Waals surface area contributed by atoms with Gasteiger partial charge in [0.25, 0.3) is 17.5 Å². The van der Waals surface area contributed by atoms with E-state index < -0.39 is 29.9 Å². The molecule has 3 aromatic rings. The third-order valence-electron chi connectivity index (χ3n) is 5.46. The Bertz CT molecular complexity index is 1240. The molecule has 34 heavy (non-hydrogen) atoms. The fourth-order valence-electron chi connectivity index (χ4n) is 3.32. The van der Waals surface area contributed by atoms with E-state index in [0.29, 0.717) is 22.7 Å². The van der Waals surface area contributed by atoms with Gasteiger partial charge >= 0.3 is 6.18 Å². The zero-order valence-electron chi connectivity index (χ0n) is 19.4. The van der Waals surface area contributed by atoms with Crippen LogP contribution in [-0.2, 0) is 22.2 Å². The highest BCUT2D eigenvalue weighted by Crippen LogP contribution is 2.27. The lowest BCUT2D eigenvalue weighted by Gasteiger charge is -2.17. The average Bonchev–Trinajstić information content (AvgIpc) is 3.19. The molecule has 0 saturated heterocycles. The van der Waals surface area contributed by atoms with Crippen LogP contribution in [0.3, 0.4) is 0 Å². The van der Waals surface area contributed by atoms with Crippen molar-refractivity contribution in [2.24, 2.45) is 0 Å². The first-order valence-electron chi connectivity index (χ1n) is 10.5. The number of nitrogens with one attached hydrogen (secondary N) is 2. The first kappa shape index (κ1) is 24.9. The summed E-state index contributed by atoms with van der Waals surface area (Å²) < 4.78 is 45.4. The molecular weight excluding hydrogens is 453 g/mol. The smallest absolute Gasteiger partial charge is 0.453 e. The molecule has 0 aliphatic rings. The van der Waals surface area contributed by atoms with Gasteiger partial charge in [0.05, 0.1) is 0 Å². The number of aromatic nitrogens is 4. The molecular formula is C22H25F3N6O3. The monoisotopic (exact) mass is 478 g/mol. The van der Waals surface area contributed by atoms with Crippen molar-refractivity contribution in [2.45, 2.75) is 59.7 Å². The zero-order chi connectivity index (χ0) is 25.2. The third kappa shape index (κ3) is 5.43. The highest BCUT2D eigenvalue weighted by molar-refractivity contribution is 5.84. The topological polar surface area (TPSA) is 111 Å². The Hall–Kier alpha value is -3.70. The van der Waals surface area contributed by atoms with Crippen molar-refractivity contribution in [3.05, 3.63) is 52.1 Å².